The fourth-order valence-corrected chi connectivity index (χ4v) is 2.45. The molecule has 1 aliphatic heterocycles. The van der Waals surface area contributed by atoms with Crippen LogP contribution in [0.25, 0.3) is 0 Å². The minimum Gasteiger partial charge on any atom is -0.453 e. The fraction of sp³-hybridized carbons (Fsp3) is 0.462. The van der Waals surface area contributed by atoms with Crippen molar-refractivity contribution in [3.8, 4) is 0 Å². The molecule has 1 heterocycles. The van der Waals surface area contributed by atoms with Crippen molar-refractivity contribution in [2.45, 2.75) is 19.0 Å². The van der Waals surface area contributed by atoms with Crippen molar-refractivity contribution >= 4 is 23.4 Å². The van der Waals surface area contributed by atoms with E-state index in [1.807, 2.05) is 12.1 Å². The van der Waals surface area contributed by atoms with Crippen LogP contribution in [0.2, 0.25) is 5.02 Å². The number of alkyl carbamates (subject to hydrolysis) is 1. The summed E-state index contributed by atoms with van der Waals surface area (Å²) in [6.07, 6.45) is 0.531. The molecule has 104 valence electrons. The summed E-state index contributed by atoms with van der Waals surface area (Å²) in [5.74, 6) is 0. The molecule has 0 aliphatic carbocycles. The third-order valence-electron chi connectivity index (χ3n) is 3.24. The monoisotopic (exact) mass is 283 g/mol. The van der Waals surface area contributed by atoms with Gasteiger partial charge >= 0.3 is 6.09 Å². The van der Waals surface area contributed by atoms with Crippen LogP contribution < -0.4 is 11.1 Å². The lowest BCUT2D eigenvalue weighted by atomic mass is 10.2. The molecule has 1 aromatic carbocycles. The van der Waals surface area contributed by atoms with Crippen molar-refractivity contribution in [2.24, 2.45) is 0 Å². The molecule has 6 heteroatoms. The standard InChI is InChI=1S/C13H18ClN3O2/c1-19-13(18)16-11-4-5-17(8-11)7-9-6-10(15)2-3-12(9)14/h2-3,6,11H,4-5,7-8,15H2,1H3,(H,16,18). The largest absolute Gasteiger partial charge is 0.453 e. The second kappa shape index (κ2) is 6.12. The molecule has 1 saturated heterocycles. The summed E-state index contributed by atoms with van der Waals surface area (Å²) >= 11 is 6.15. The molecule has 0 spiro atoms. The van der Waals surface area contributed by atoms with Crippen molar-refractivity contribution in [1.82, 2.24) is 10.2 Å². The maximum atomic E-state index is 11.1. The van der Waals surface area contributed by atoms with E-state index in [9.17, 15) is 4.79 Å². The number of nitrogens with two attached hydrogens (primary N) is 1. The van der Waals surface area contributed by atoms with Gasteiger partial charge in [0.1, 0.15) is 0 Å². The van der Waals surface area contributed by atoms with Crippen LogP contribution in [0.4, 0.5) is 10.5 Å². The minimum absolute atomic E-state index is 0.132. The first-order chi connectivity index (χ1) is 9.08. The molecule has 0 aromatic heterocycles. The van der Waals surface area contributed by atoms with Crippen LogP contribution in [0.3, 0.4) is 0 Å². The summed E-state index contributed by atoms with van der Waals surface area (Å²) in [5, 5.41) is 3.53. The lowest BCUT2D eigenvalue weighted by Crippen LogP contribution is -2.36. The summed E-state index contributed by atoms with van der Waals surface area (Å²) in [5.41, 5.74) is 7.49. The van der Waals surface area contributed by atoms with Crippen LogP contribution in [0.15, 0.2) is 18.2 Å². The van der Waals surface area contributed by atoms with Crippen molar-refractivity contribution < 1.29 is 9.53 Å². The van der Waals surface area contributed by atoms with E-state index >= 15 is 0 Å². The van der Waals surface area contributed by atoms with Gasteiger partial charge in [0.25, 0.3) is 0 Å². The first kappa shape index (κ1) is 14.0. The number of ether oxygens (including phenoxy) is 1. The second-order valence-electron chi connectivity index (χ2n) is 4.71. The van der Waals surface area contributed by atoms with E-state index in [1.54, 1.807) is 6.07 Å². The number of rotatable bonds is 3. The number of likely N-dealkylation sites (tertiary alicyclic amines) is 1. The SMILES string of the molecule is COC(=O)NC1CCN(Cc2cc(N)ccc2Cl)C1. The van der Waals surface area contributed by atoms with Gasteiger partial charge in [-0.3, -0.25) is 4.90 Å². The Morgan fingerprint density at radius 3 is 3.16 bits per heavy atom. The van der Waals surface area contributed by atoms with E-state index in [1.165, 1.54) is 7.11 Å². The Morgan fingerprint density at radius 2 is 2.42 bits per heavy atom. The van der Waals surface area contributed by atoms with Gasteiger partial charge in [-0.25, -0.2) is 4.79 Å². The molecule has 5 nitrogen and oxygen atoms in total. The Balaban J connectivity index is 1.91. The molecule has 2 rings (SSSR count). The number of nitrogens with one attached hydrogen (secondary N) is 1. The predicted molar refractivity (Wildman–Crippen MR) is 75.1 cm³/mol. The van der Waals surface area contributed by atoms with Crippen LogP contribution in [0.5, 0.6) is 0 Å². The average Bonchev–Trinajstić information content (AvgIpc) is 2.81. The maximum absolute atomic E-state index is 11.1. The number of methoxy groups -OCH3 is 1. The van der Waals surface area contributed by atoms with Gasteiger partial charge in [-0.15, -0.1) is 0 Å². The van der Waals surface area contributed by atoms with E-state index < -0.39 is 0 Å². The first-order valence-electron chi connectivity index (χ1n) is 6.19. The molecule has 1 aromatic rings. The smallest absolute Gasteiger partial charge is 0.407 e. The number of halogens is 1. The molecular weight excluding hydrogens is 266 g/mol. The van der Waals surface area contributed by atoms with Crippen LogP contribution in [0, 0.1) is 0 Å². The third-order valence-corrected chi connectivity index (χ3v) is 3.61. The number of benzene rings is 1. The van der Waals surface area contributed by atoms with Gasteiger partial charge in [-0.1, -0.05) is 11.6 Å². The number of hydrogen-bond acceptors (Lipinski definition) is 4. The summed E-state index contributed by atoms with van der Waals surface area (Å²) in [6.45, 7) is 2.45. The summed E-state index contributed by atoms with van der Waals surface area (Å²) < 4.78 is 4.59. The van der Waals surface area contributed by atoms with Gasteiger partial charge in [0.2, 0.25) is 0 Å². The number of anilines is 1. The first-order valence-corrected chi connectivity index (χ1v) is 6.57. The zero-order valence-corrected chi connectivity index (χ0v) is 11.6. The molecule has 1 atom stereocenters. The maximum Gasteiger partial charge on any atom is 0.407 e. The third kappa shape index (κ3) is 3.75. The van der Waals surface area contributed by atoms with Crippen molar-refractivity contribution in [3.05, 3.63) is 28.8 Å². The summed E-state index contributed by atoms with van der Waals surface area (Å²) in [7, 11) is 1.37. The van der Waals surface area contributed by atoms with Gasteiger partial charge in [0, 0.05) is 36.4 Å². The Labute approximate surface area is 117 Å². The fourth-order valence-electron chi connectivity index (χ4n) is 2.28. The van der Waals surface area contributed by atoms with Crippen LogP contribution in [-0.4, -0.2) is 37.2 Å². The highest BCUT2D eigenvalue weighted by molar-refractivity contribution is 6.31. The van der Waals surface area contributed by atoms with Crippen LogP contribution >= 0.6 is 11.6 Å². The number of carbonyl (C=O) groups excluding carboxylic acids is 1. The van der Waals surface area contributed by atoms with Gasteiger partial charge in [-0.2, -0.15) is 0 Å². The van der Waals surface area contributed by atoms with Crippen molar-refractivity contribution in [1.29, 1.82) is 0 Å². The number of nitrogens with zero attached hydrogens (tertiary/aromatic N) is 1. The molecule has 1 aliphatic rings. The highest BCUT2D eigenvalue weighted by Gasteiger charge is 2.24. The van der Waals surface area contributed by atoms with Gasteiger partial charge in [0.05, 0.1) is 7.11 Å². The highest BCUT2D eigenvalue weighted by Crippen LogP contribution is 2.22. The van der Waals surface area contributed by atoms with Gasteiger partial charge in [0.15, 0.2) is 0 Å². The Bertz CT molecular complexity index is 467. The Kier molecular flexibility index (Phi) is 4.50. The van der Waals surface area contributed by atoms with E-state index in [2.05, 4.69) is 15.0 Å². The van der Waals surface area contributed by atoms with E-state index in [-0.39, 0.29) is 12.1 Å². The quantitative estimate of drug-likeness (QED) is 0.831. The van der Waals surface area contributed by atoms with Crippen LogP contribution in [-0.2, 0) is 11.3 Å². The molecule has 0 bridgehead atoms. The molecule has 0 radical (unpaired) electrons. The topological polar surface area (TPSA) is 67.6 Å². The minimum atomic E-state index is -0.381. The van der Waals surface area contributed by atoms with E-state index in [0.29, 0.717) is 5.69 Å². The van der Waals surface area contributed by atoms with Gasteiger partial charge < -0.3 is 15.8 Å². The average molecular weight is 284 g/mol. The normalized spacial score (nSPS) is 19.4. The Hall–Kier alpha value is -1.46. The number of amides is 1. The van der Waals surface area contributed by atoms with Crippen molar-refractivity contribution in [3.63, 3.8) is 0 Å². The highest BCUT2D eigenvalue weighted by atomic mass is 35.5. The number of hydrogen-bond donors (Lipinski definition) is 2. The molecule has 0 saturated carbocycles. The lowest BCUT2D eigenvalue weighted by Gasteiger charge is -2.17. The zero-order valence-electron chi connectivity index (χ0n) is 10.9. The molecular formula is C13H18ClN3O2. The summed E-state index contributed by atoms with van der Waals surface area (Å²) in [4.78, 5) is 13.4. The van der Waals surface area contributed by atoms with Gasteiger partial charge in [-0.05, 0) is 30.2 Å². The molecule has 3 N–H and O–H groups in total. The Morgan fingerprint density at radius 1 is 1.63 bits per heavy atom. The molecule has 1 amide bonds. The number of carbonyl (C=O) groups is 1. The van der Waals surface area contributed by atoms with Crippen molar-refractivity contribution in [2.75, 3.05) is 25.9 Å². The molecule has 1 fully saturated rings. The second-order valence-corrected chi connectivity index (χ2v) is 5.11. The summed E-state index contributed by atoms with van der Waals surface area (Å²) in [6, 6.07) is 5.63. The zero-order chi connectivity index (χ0) is 13.8. The molecule has 1 unspecified atom stereocenters. The lowest BCUT2D eigenvalue weighted by molar-refractivity contribution is 0.166. The number of nitrogen functional groups attached to an aromatic ring is 1. The van der Waals surface area contributed by atoms with E-state index in [4.69, 9.17) is 17.3 Å². The predicted octanol–water partition coefficient (Wildman–Crippen LogP) is 1.85. The van der Waals surface area contributed by atoms with Crippen LogP contribution in [0.1, 0.15) is 12.0 Å². The van der Waals surface area contributed by atoms with E-state index in [0.717, 1.165) is 36.6 Å². The molecule has 19 heavy (non-hydrogen) atoms.